The first-order valence-electron chi connectivity index (χ1n) is 10.6. The van der Waals surface area contributed by atoms with E-state index in [0.29, 0.717) is 38.6 Å². The van der Waals surface area contributed by atoms with Crippen LogP contribution in [0.15, 0.2) is 36.4 Å². The maximum atomic E-state index is 13.7. The summed E-state index contributed by atoms with van der Waals surface area (Å²) < 4.78 is 44.0. The van der Waals surface area contributed by atoms with Crippen molar-refractivity contribution in [1.29, 1.82) is 0 Å². The molecule has 1 N–H and O–H groups in total. The van der Waals surface area contributed by atoms with Crippen LogP contribution in [0.1, 0.15) is 12.8 Å². The van der Waals surface area contributed by atoms with Crippen LogP contribution in [0.5, 0.6) is 11.5 Å². The summed E-state index contributed by atoms with van der Waals surface area (Å²) in [5, 5.41) is 3.54. The zero-order chi connectivity index (χ0) is 23.4. The van der Waals surface area contributed by atoms with Crippen LogP contribution < -0.4 is 14.8 Å². The van der Waals surface area contributed by atoms with E-state index in [1.54, 1.807) is 11.0 Å². The molecule has 33 heavy (non-hydrogen) atoms. The summed E-state index contributed by atoms with van der Waals surface area (Å²) >= 11 is 11.4. The number of nitrogens with zero attached hydrogens (tertiary/aromatic N) is 1. The molecule has 0 radical (unpaired) electrons. The number of amides is 1. The number of carbonyl (C=O) groups excluding carboxylic acids is 1. The number of likely N-dealkylation sites (tertiary alicyclic amines) is 1. The van der Waals surface area contributed by atoms with Gasteiger partial charge in [0.1, 0.15) is 23.1 Å². The van der Waals surface area contributed by atoms with E-state index in [9.17, 15) is 13.6 Å². The Balaban J connectivity index is 1.21. The number of rotatable bonds is 8. The van der Waals surface area contributed by atoms with E-state index < -0.39 is 17.2 Å². The lowest BCUT2D eigenvalue weighted by Crippen LogP contribution is -2.62. The molecule has 0 aromatic heterocycles. The summed E-state index contributed by atoms with van der Waals surface area (Å²) in [6, 6.07) is 8.65. The topological polar surface area (TPSA) is 60.0 Å². The number of ether oxygens (including phenoxy) is 3. The number of nitrogens with one attached hydrogen (secondary N) is 1. The standard InChI is InChI=1S/C23H24Cl2F2N2O4/c24-18-3-1-16(9-20(18)26)32-11-22(30)29-7-5-15(6-8-29)28-12-23(13-31-14-23)33-17-2-4-19(25)21(27)10-17/h1-4,9-10,15,28H,5-8,11-14H2. The van der Waals surface area contributed by atoms with E-state index in [1.165, 1.54) is 24.3 Å². The highest BCUT2D eigenvalue weighted by Gasteiger charge is 2.42. The van der Waals surface area contributed by atoms with E-state index in [-0.39, 0.29) is 34.4 Å². The van der Waals surface area contributed by atoms with E-state index in [1.807, 2.05) is 0 Å². The zero-order valence-electron chi connectivity index (χ0n) is 17.8. The van der Waals surface area contributed by atoms with Gasteiger partial charge in [-0.05, 0) is 37.1 Å². The fraction of sp³-hybridized carbons (Fsp3) is 0.435. The second-order valence-corrected chi connectivity index (χ2v) is 9.07. The second-order valence-electron chi connectivity index (χ2n) is 8.25. The quantitative estimate of drug-likeness (QED) is 0.591. The first-order valence-corrected chi connectivity index (χ1v) is 11.4. The number of benzene rings is 2. The van der Waals surface area contributed by atoms with Crippen molar-refractivity contribution < 1.29 is 27.8 Å². The van der Waals surface area contributed by atoms with Gasteiger partial charge in [0.2, 0.25) is 0 Å². The Morgan fingerprint density at radius 1 is 1.06 bits per heavy atom. The first-order chi connectivity index (χ1) is 15.8. The maximum Gasteiger partial charge on any atom is 0.260 e. The Morgan fingerprint density at radius 3 is 2.24 bits per heavy atom. The third-order valence-electron chi connectivity index (χ3n) is 5.77. The summed E-state index contributed by atoms with van der Waals surface area (Å²) in [7, 11) is 0. The fourth-order valence-corrected chi connectivity index (χ4v) is 4.02. The van der Waals surface area contributed by atoms with Crippen LogP contribution in [-0.4, -0.2) is 61.9 Å². The molecule has 6 nitrogen and oxygen atoms in total. The van der Waals surface area contributed by atoms with Crippen LogP contribution in [-0.2, 0) is 9.53 Å². The van der Waals surface area contributed by atoms with Gasteiger partial charge in [-0.2, -0.15) is 0 Å². The Morgan fingerprint density at radius 2 is 1.67 bits per heavy atom. The van der Waals surface area contributed by atoms with Crippen molar-refractivity contribution in [2.75, 3.05) is 39.5 Å². The van der Waals surface area contributed by atoms with E-state index in [4.69, 9.17) is 37.4 Å². The molecule has 0 saturated carbocycles. The Hall–Kier alpha value is -2.13. The summed E-state index contributed by atoms with van der Waals surface area (Å²) in [5.41, 5.74) is -0.561. The van der Waals surface area contributed by atoms with Gasteiger partial charge < -0.3 is 24.4 Å². The highest BCUT2D eigenvalue weighted by atomic mass is 35.5. The Labute approximate surface area is 200 Å². The van der Waals surface area contributed by atoms with Crippen molar-refractivity contribution in [3.8, 4) is 11.5 Å². The van der Waals surface area contributed by atoms with E-state index in [0.717, 1.165) is 18.9 Å². The monoisotopic (exact) mass is 500 g/mol. The molecule has 178 valence electrons. The number of hydrogen-bond donors (Lipinski definition) is 1. The maximum absolute atomic E-state index is 13.7. The summed E-state index contributed by atoms with van der Waals surface area (Å²) in [6.45, 7) is 2.36. The van der Waals surface area contributed by atoms with Gasteiger partial charge in [0.25, 0.3) is 5.91 Å². The third kappa shape index (κ3) is 6.06. The SMILES string of the molecule is O=C(COc1ccc(Cl)c(F)c1)N1CCC(NCC2(Oc3ccc(Cl)c(F)c3)COC2)CC1. The lowest BCUT2D eigenvalue weighted by atomic mass is 9.99. The summed E-state index contributed by atoms with van der Waals surface area (Å²) in [5.74, 6) is -0.604. The average Bonchev–Trinajstić information content (AvgIpc) is 2.79. The van der Waals surface area contributed by atoms with Gasteiger partial charge in [-0.15, -0.1) is 0 Å². The highest BCUT2D eigenvalue weighted by Crippen LogP contribution is 2.28. The number of piperidine rings is 1. The summed E-state index contributed by atoms with van der Waals surface area (Å²) in [6.07, 6.45) is 1.54. The van der Waals surface area contributed by atoms with Gasteiger partial charge in [-0.3, -0.25) is 4.79 Å². The van der Waals surface area contributed by atoms with Crippen LogP contribution in [0.2, 0.25) is 10.0 Å². The molecule has 0 spiro atoms. The minimum atomic E-state index is -0.590. The van der Waals surface area contributed by atoms with Crippen LogP contribution in [0.25, 0.3) is 0 Å². The molecule has 10 heteroatoms. The minimum Gasteiger partial charge on any atom is -0.484 e. The van der Waals surface area contributed by atoms with Crippen molar-refractivity contribution in [2.45, 2.75) is 24.5 Å². The molecule has 2 aromatic carbocycles. The lowest BCUT2D eigenvalue weighted by molar-refractivity contribution is -0.160. The van der Waals surface area contributed by atoms with Crippen LogP contribution in [0.3, 0.4) is 0 Å². The van der Waals surface area contributed by atoms with Crippen molar-refractivity contribution in [2.24, 2.45) is 0 Å². The van der Waals surface area contributed by atoms with Gasteiger partial charge in [0.05, 0.1) is 23.3 Å². The highest BCUT2D eigenvalue weighted by molar-refractivity contribution is 6.31. The van der Waals surface area contributed by atoms with E-state index in [2.05, 4.69) is 5.32 Å². The largest absolute Gasteiger partial charge is 0.484 e. The first kappa shape index (κ1) is 24.0. The number of hydrogen-bond acceptors (Lipinski definition) is 5. The van der Waals surface area contributed by atoms with Gasteiger partial charge in [0.15, 0.2) is 12.2 Å². The molecule has 0 bridgehead atoms. The predicted molar refractivity (Wildman–Crippen MR) is 120 cm³/mol. The lowest BCUT2D eigenvalue weighted by Gasteiger charge is -2.43. The summed E-state index contributed by atoms with van der Waals surface area (Å²) in [4.78, 5) is 14.2. The van der Waals surface area contributed by atoms with Gasteiger partial charge in [0, 0.05) is 37.8 Å². The molecular weight excluding hydrogens is 477 g/mol. The molecule has 2 aromatic rings. The molecule has 2 aliphatic heterocycles. The van der Waals surface area contributed by atoms with Crippen molar-refractivity contribution >= 4 is 29.1 Å². The van der Waals surface area contributed by atoms with Crippen LogP contribution in [0.4, 0.5) is 8.78 Å². The molecule has 0 unspecified atom stereocenters. The molecule has 2 heterocycles. The molecule has 1 amide bonds. The number of carbonyl (C=O) groups is 1. The molecular formula is C23H24Cl2F2N2O4. The number of halogens is 4. The average molecular weight is 501 g/mol. The van der Waals surface area contributed by atoms with Gasteiger partial charge >= 0.3 is 0 Å². The minimum absolute atomic E-state index is 0.00391. The van der Waals surface area contributed by atoms with Crippen LogP contribution in [0, 0.1) is 11.6 Å². The predicted octanol–water partition coefficient (Wildman–Crippen LogP) is 4.08. The molecule has 2 fully saturated rings. The molecule has 2 aliphatic rings. The zero-order valence-corrected chi connectivity index (χ0v) is 19.3. The third-order valence-corrected chi connectivity index (χ3v) is 6.38. The van der Waals surface area contributed by atoms with Crippen molar-refractivity contribution in [3.05, 3.63) is 58.1 Å². The van der Waals surface area contributed by atoms with Crippen molar-refractivity contribution in [1.82, 2.24) is 10.2 Å². The molecule has 0 aliphatic carbocycles. The second kappa shape index (κ2) is 10.4. The smallest absolute Gasteiger partial charge is 0.260 e. The molecule has 0 atom stereocenters. The van der Waals surface area contributed by atoms with Gasteiger partial charge in [-0.25, -0.2) is 8.78 Å². The molecule has 4 rings (SSSR count). The van der Waals surface area contributed by atoms with E-state index >= 15 is 0 Å². The Bertz CT molecular complexity index is 998. The molecule has 2 saturated heterocycles. The van der Waals surface area contributed by atoms with Crippen molar-refractivity contribution in [3.63, 3.8) is 0 Å². The van der Waals surface area contributed by atoms with Gasteiger partial charge in [-0.1, -0.05) is 23.2 Å². The Kier molecular flexibility index (Phi) is 7.58. The van der Waals surface area contributed by atoms with Crippen LogP contribution >= 0.6 is 23.2 Å². The normalized spacial score (nSPS) is 18.0. The fourth-order valence-electron chi connectivity index (χ4n) is 3.78.